The number of aliphatic hydroxyl groups excluding tert-OH is 1. The Morgan fingerprint density at radius 3 is 2.32 bits per heavy atom. The minimum absolute atomic E-state index is 0.00776. The van der Waals surface area contributed by atoms with Crippen LogP contribution >= 0.6 is 43.5 Å². The summed E-state index contributed by atoms with van der Waals surface area (Å²) in [5, 5.41) is 28.3. The van der Waals surface area contributed by atoms with E-state index in [1.807, 2.05) is 20.8 Å². The number of rotatable bonds is 17. The number of carbonyl (C=O) groups is 9. The van der Waals surface area contributed by atoms with Crippen LogP contribution in [0.1, 0.15) is 79.1 Å². The van der Waals surface area contributed by atoms with Gasteiger partial charge in [-0.1, -0.05) is 39.3 Å². The maximum absolute atomic E-state index is 14.4. The summed E-state index contributed by atoms with van der Waals surface area (Å²) in [5.74, 6) is -7.36. The number of ketones is 2. The van der Waals surface area contributed by atoms with Crippen molar-refractivity contribution >= 4 is 96.5 Å². The van der Waals surface area contributed by atoms with Gasteiger partial charge >= 0.3 is 11.9 Å². The second-order valence-electron chi connectivity index (χ2n) is 16.4. The maximum Gasteiger partial charge on any atom is 0.306 e. The van der Waals surface area contributed by atoms with E-state index >= 15 is 0 Å². The number of hydrogen-bond acceptors (Lipinski definition) is 12. The molecule has 0 bridgehead atoms. The molecule has 0 radical (unpaired) electrons. The Hall–Kier alpha value is -3.78. The molecule has 0 aromatic carbocycles. The Morgan fingerprint density at radius 1 is 1.02 bits per heavy atom. The molecular formula is C40H49Br2ClN4O13. The van der Waals surface area contributed by atoms with Gasteiger partial charge in [-0.2, -0.15) is 0 Å². The lowest BCUT2D eigenvalue weighted by Gasteiger charge is -2.64. The van der Waals surface area contributed by atoms with Gasteiger partial charge in [0.05, 0.1) is 17.5 Å². The van der Waals surface area contributed by atoms with Crippen molar-refractivity contribution in [1.29, 1.82) is 0 Å². The predicted octanol–water partition coefficient (Wildman–Crippen LogP) is 2.45. The number of nitrogens with zero attached hydrogens (tertiary/aromatic N) is 1. The molecular weight excluding hydrogens is 940 g/mol. The number of carboxylic acid groups (broad SMARTS) is 1. The van der Waals surface area contributed by atoms with E-state index in [4.69, 9.17) is 26.2 Å². The van der Waals surface area contributed by atoms with Crippen LogP contribution in [0.15, 0.2) is 32.8 Å². The van der Waals surface area contributed by atoms with Crippen LogP contribution in [0.5, 0.6) is 0 Å². The SMILES string of the molecule is CCC(=O)O[C@]1(C(=O)COCNC(=O)CNC(=O)[C@H](CCC(=O)O)NC(=O)CCN2C(=O)C(Br)=C(Br)C2=O)[C@@H](C)CC2[C@@H]3CCC4=CC(=O)C=C[C@]4(C)[C@@]3(Cl)[C@@H](O)C[C@@]21C. The molecule has 5 rings (SSSR count). The molecule has 20 heteroatoms. The number of allylic oxidation sites excluding steroid dienone is 4. The molecule has 0 saturated heterocycles. The Balaban J connectivity index is 1.19. The van der Waals surface area contributed by atoms with E-state index in [9.17, 15) is 48.3 Å². The fourth-order valence-electron chi connectivity index (χ4n) is 10.1. The van der Waals surface area contributed by atoms with Crippen LogP contribution in [0.4, 0.5) is 0 Å². The quantitative estimate of drug-likeness (QED) is 0.0463. The molecule has 0 aromatic heterocycles. The molecule has 5 aliphatic rings. The molecule has 1 unspecified atom stereocenters. The molecule has 60 heavy (non-hydrogen) atoms. The molecule has 1 heterocycles. The molecule has 3 fully saturated rings. The number of alkyl halides is 1. The zero-order valence-electron chi connectivity index (χ0n) is 33.6. The second kappa shape index (κ2) is 18.3. The minimum atomic E-state index is -1.71. The summed E-state index contributed by atoms with van der Waals surface area (Å²) < 4.78 is 11.7. The van der Waals surface area contributed by atoms with Crippen molar-refractivity contribution in [3.05, 3.63) is 32.8 Å². The third kappa shape index (κ3) is 8.40. The van der Waals surface area contributed by atoms with Crippen molar-refractivity contribution in [2.24, 2.45) is 28.6 Å². The summed E-state index contributed by atoms with van der Waals surface area (Å²) >= 11 is 13.5. The van der Waals surface area contributed by atoms with E-state index in [1.165, 1.54) is 6.08 Å². The van der Waals surface area contributed by atoms with Gasteiger partial charge in [0.25, 0.3) is 11.8 Å². The molecule has 5 amide bonds. The lowest BCUT2D eigenvalue weighted by atomic mass is 9.45. The van der Waals surface area contributed by atoms with E-state index < -0.39 is 119 Å². The minimum Gasteiger partial charge on any atom is -0.481 e. The Kier molecular flexibility index (Phi) is 14.4. The van der Waals surface area contributed by atoms with E-state index in [0.29, 0.717) is 19.3 Å². The summed E-state index contributed by atoms with van der Waals surface area (Å²) in [6.45, 7) is 5.19. The van der Waals surface area contributed by atoms with Crippen LogP contribution < -0.4 is 16.0 Å². The number of Topliss-reactive ketones (excluding diaryl/α,β-unsaturated/α-hetero) is 1. The fraction of sp³-hybridized carbons (Fsp3) is 0.625. The first-order chi connectivity index (χ1) is 28.1. The van der Waals surface area contributed by atoms with Gasteiger partial charge in [-0.3, -0.25) is 48.1 Å². The van der Waals surface area contributed by atoms with Gasteiger partial charge in [0.15, 0.2) is 11.4 Å². The smallest absolute Gasteiger partial charge is 0.306 e. The highest BCUT2D eigenvalue weighted by molar-refractivity contribution is 9.14. The van der Waals surface area contributed by atoms with E-state index in [-0.39, 0.29) is 52.4 Å². The molecule has 3 saturated carbocycles. The van der Waals surface area contributed by atoms with Crippen molar-refractivity contribution in [3.63, 3.8) is 0 Å². The average Bonchev–Trinajstić information content (AvgIpc) is 3.52. The molecule has 328 valence electrons. The number of aliphatic carboxylic acids is 1. The highest BCUT2D eigenvalue weighted by Crippen LogP contribution is 2.72. The van der Waals surface area contributed by atoms with Crippen molar-refractivity contribution in [2.75, 3.05) is 26.4 Å². The third-order valence-electron chi connectivity index (χ3n) is 13.1. The molecule has 1 aliphatic heterocycles. The van der Waals surface area contributed by atoms with E-state index in [2.05, 4.69) is 47.8 Å². The van der Waals surface area contributed by atoms with Gasteiger partial charge in [0.2, 0.25) is 23.5 Å². The zero-order chi connectivity index (χ0) is 44.5. The summed E-state index contributed by atoms with van der Waals surface area (Å²) in [5.41, 5.74) is -2.76. The third-order valence-corrected chi connectivity index (χ3v) is 16.0. The number of hydrogen-bond donors (Lipinski definition) is 5. The summed E-state index contributed by atoms with van der Waals surface area (Å²) in [6.07, 6.45) is 4.02. The van der Waals surface area contributed by atoms with Gasteiger partial charge in [-0.15, -0.1) is 11.6 Å². The van der Waals surface area contributed by atoms with Gasteiger partial charge in [0, 0.05) is 42.6 Å². The maximum atomic E-state index is 14.4. The fourth-order valence-corrected chi connectivity index (χ4v) is 11.4. The number of ether oxygens (including phenoxy) is 2. The second-order valence-corrected chi connectivity index (χ2v) is 18.6. The Bertz CT molecular complexity index is 1950. The molecule has 5 N–H and O–H groups in total. The zero-order valence-corrected chi connectivity index (χ0v) is 37.5. The summed E-state index contributed by atoms with van der Waals surface area (Å²) in [4.78, 5) is 113. The van der Waals surface area contributed by atoms with Crippen molar-refractivity contribution in [2.45, 2.75) is 102 Å². The van der Waals surface area contributed by atoms with Crippen LogP contribution in [0.25, 0.3) is 0 Å². The standard InChI is InChI=1S/C40H49Br2ClN4O13/c1-5-31(55)60-40(20(2)14-24-23-7-6-21-15-22(48)10-12-37(21,3)39(23,43)26(49)16-38(24,40)4)27(50)18-59-19-45-29(52)17-44-34(56)25(8-9-30(53)54)46-28(51)11-13-47-35(57)32(41)33(42)36(47)58/h10,12,15,20,23-26,49H,5-9,11,13-14,16-19H2,1-4H3,(H,44,56)(H,45,52)(H,46,51)(H,53,54)/t20-,23-,24?,25-,26-,37-,38-,39-,40-/m0/s1. The van der Waals surface area contributed by atoms with E-state index in [1.54, 1.807) is 19.1 Å². The summed E-state index contributed by atoms with van der Waals surface area (Å²) in [6, 6.07) is -1.38. The average molecular weight is 989 g/mol. The van der Waals surface area contributed by atoms with Crippen LogP contribution in [-0.4, -0.2) is 117 Å². The number of imide groups is 1. The summed E-state index contributed by atoms with van der Waals surface area (Å²) in [7, 11) is 0. The molecule has 0 aromatic rings. The number of nitrogens with one attached hydrogen (secondary N) is 3. The lowest BCUT2D eigenvalue weighted by molar-refractivity contribution is -0.203. The molecule has 4 aliphatic carbocycles. The van der Waals surface area contributed by atoms with Gasteiger partial charge < -0.3 is 35.6 Å². The largest absolute Gasteiger partial charge is 0.481 e. The van der Waals surface area contributed by atoms with Gasteiger partial charge in [0.1, 0.15) is 28.3 Å². The van der Waals surface area contributed by atoms with Crippen molar-refractivity contribution in [1.82, 2.24) is 20.9 Å². The molecule has 0 spiro atoms. The highest BCUT2D eigenvalue weighted by atomic mass is 79.9. The van der Waals surface area contributed by atoms with Crippen molar-refractivity contribution < 1.29 is 62.8 Å². The first-order valence-corrected chi connectivity index (χ1v) is 21.7. The number of aliphatic hydroxyl groups is 1. The topological polar surface area (TPSA) is 252 Å². The Labute approximate surface area is 368 Å². The van der Waals surface area contributed by atoms with Crippen LogP contribution in [0.3, 0.4) is 0 Å². The van der Waals surface area contributed by atoms with Gasteiger partial charge in [-0.25, -0.2) is 0 Å². The van der Waals surface area contributed by atoms with Crippen molar-refractivity contribution in [3.8, 4) is 0 Å². The molecule has 17 nitrogen and oxygen atoms in total. The monoisotopic (exact) mass is 986 g/mol. The van der Waals surface area contributed by atoms with Gasteiger partial charge in [-0.05, 0) is 88.0 Å². The molecule has 9 atom stereocenters. The highest BCUT2D eigenvalue weighted by Gasteiger charge is 2.76. The first kappa shape index (κ1) is 47.3. The number of esters is 1. The number of halogens is 3. The van der Waals surface area contributed by atoms with Crippen LogP contribution in [0.2, 0.25) is 0 Å². The lowest BCUT2D eigenvalue weighted by Crippen LogP contribution is -2.69. The Morgan fingerprint density at radius 2 is 1.68 bits per heavy atom. The van der Waals surface area contributed by atoms with Crippen LogP contribution in [0, 0.1) is 28.6 Å². The first-order valence-electron chi connectivity index (χ1n) is 19.7. The number of fused-ring (bicyclic) bond motifs is 5. The number of amides is 5. The number of carbonyl (C=O) groups excluding carboxylic acids is 8. The number of carboxylic acids is 1. The van der Waals surface area contributed by atoms with E-state index in [0.717, 1.165) is 10.5 Å². The normalized spacial score (nSPS) is 32.4. The predicted molar refractivity (Wildman–Crippen MR) is 219 cm³/mol. The van der Waals surface area contributed by atoms with Crippen LogP contribution in [-0.2, 0) is 52.6 Å².